The van der Waals surface area contributed by atoms with E-state index in [0.717, 1.165) is 25.7 Å². The van der Waals surface area contributed by atoms with E-state index >= 15 is 0 Å². The SMILES string of the molecule is C=C[C@@](C)(CC[C@H]1C(=C)CC[C@H]2C(C)(C)[C@@H](OC3OC(CO)C(O)C(O)C3O)CC[C@]12C)OC1OC(C)C(O)C(O)C1O. The Morgan fingerprint density at radius 3 is 2.19 bits per heavy atom. The molecule has 2 saturated heterocycles. The molecule has 0 radical (unpaired) electrons. The van der Waals surface area contributed by atoms with Crippen molar-refractivity contribution in [3.63, 3.8) is 0 Å². The number of hydrogen-bond donors (Lipinski definition) is 7. The highest BCUT2D eigenvalue weighted by molar-refractivity contribution is 5.17. The number of aliphatic hydroxyl groups is 7. The Morgan fingerprint density at radius 1 is 0.930 bits per heavy atom. The van der Waals surface area contributed by atoms with Gasteiger partial charge in [0.25, 0.3) is 0 Å². The van der Waals surface area contributed by atoms with Crippen molar-refractivity contribution in [1.29, 1.82) is 0 Å². The molecule has 0 aromatic rings. The smallest absolute Gasteiger partial charge is 0.187 e. The van der Waals surface area contributed by atoms with Gasteiger partial charge in [0.05, 0.1) is 24.4 Å². The number of ether oxygens (including phenoxy) is 4. The number of hydrogen-bond acceptors (Lipinski definition) is 11. The van der Waals surface area contributed by atoms with Crippen LogP contribution in [0.2, 0.25) is 0 Å². The van der Waals surface area contributed by atoms with Crippen LogP contribution in [-0.4, -0.2) is 115 Å². The largest absolute Gasteiger partial charge is 0.394 e. The molecule has 2 aliphatic carbocycles. The molecule has 10 unspecified atom stereocenters. The highest BCUT2D eigenvalue weighted by atomic mass is 16.7. The van der Waals surface area contributed by atoms with Crippen molar-refractivity contribution in [3.8, 4) is 0 Å². The molecular formula is C32H54O11. The van der Waals surface area contributed by atoms with Gasteiger partial charge in [-0.1, -0.05) is 39.0 Å². The quantitative estimate of drug-likeness (QED) is 0.146. The topological polar surface area (TPSA) is 179 Å². The number of fused-ring (bicyclic) bond motifs is 1. The average Bonchev–Trinajstić information content (AvgIpc) is 2.95. The summed E-state index contributed by atoms with van der Waals surface area (Å²) >= 11 is 0. The highest BCUT2D eigenvalue weighted by Gasteiger charge is 2.58. The zero-order valence-electron chi connectivity index (χ0n) is 26.2. The van der Waals surface area contributed by atoms with Gasteiger partial charge in [-0.3, -0.25) is 0 Å². The Kier molecular flexibility index (Phi) is 10.6. The summed E-state index contributed by atoms with van der Waals surface area (Å²) in [7, 11) is 0. The first-order valence-corrected chi connectivity index (χ1v) is 15.7. The first kappa shape index (κ1) is 34.9. The molecule has 4 aliphatic rings. The fourth-order valence-corrected chi connectivity index (χ4v) is 8.29. The summed E-state index contributed by atoms with van der Waals surface area (Å²) in [6.07, 6.45) is -6.46. The monoisotopic (exact) mass is 614 g/mol. The van der Waals surface area contributed by atoms with E-state index in [1.807, 2.05) is 6.92 Å². The van der Waals surface area contributed by atoms with Gasteiger partial charge in [-0.15, -0.1) is 6.58 Å². The van der Waals surface area contributed by atoms with Crippen LogP contribution in [0.15, 0.2) is 24.8 Å². The third-order valence-electron chi connectivity index (χ3n) is 11.2. The van der Waals surface area contributed by atoms with E-state index in [1.54, 1.807) is 13.0 Å². The van der Waals surface area contributed by atoms with Crippen molar-refractivity contribution < 1.29 is 54.7 Å². The van der Waals surface area contributed by atoms with Gasteiger partial charge in [0, 0.05) is 0 Å². The number of aliphatic hydroxyl groups excluding tert-OH is 7. The lowest BCUT2D eigenvalue weighted by Crippen LogP contribution is -2.62. The summed E-state index contributed by atoms with van der Waals surface area (Å²) in [5, 5.41) is 71.5. The molecule has 2 aliphatic heterocycles. The predicted octanol–water partition coefficient (Wildman–Crippen LogP) is 1.15. The molecular weight excluding hydrogens is 560 g/mol. The lowest BCUT2D eigenvalue weighted by atomic mass is 9.46. The minimum atomic E-state index is -1.49. The van der Waals surface area contributed by atoms with Crippen LogP contribution in [0.5, 0.6) is 0 Å². The van der Waals surface area contributed by atoms with Crippen molar-refractivity contribution in [1.82, 2.24) is 0 Å². The molecule has 2 saturated carbocycles. The molecule has 248 valence electrons. The third-order valence-corrected chi connectivity index (χ3v) is 11.2. The Bertz CT molecular complexity index is 988. The van der Waals surface area contributed by atoms with Crippen LogP contribution in [0, 0.1) is 22.7 Å². The molecule has 11 nitrogen and oxygen atoms in total. The molecule has 0 amide bonds. The van der Waals surface area contributed by atoms with E-state index in [1.165, 1.54) is 5.57 Å². The van der Waals surface area contributed by atoms with E-state index in [0.29, 0.717) is 12.8 Å². The molecule has 15 atom stereocenters. The molecule has 0 spiro atoms. The standard InChI is InChI=1S/C32H54O11/c1-8-31(6,43-29-27(39)24(36)22(34)17(3)40-29)13-11-18-16(2)9-10-20-30(4,5)21(12-14-32(18,20)7)42-28-26(38)25(37)23(35)19(15-33)41-28/h8,17-29,33-39H,1-2,9-15H2,3-7H3/t17?,18-,19?,20-,21-,22?,23?,24?,25?,26?,27?,28?,29?,31-,32+/m0/s1. The van der Waals surface area contributed by atoms with Crippen LogP contribution in [0.1, 0.15) is 73.1 Å². The van der Waals surface area contributed by atoms with Gasteiger partial charge < -0.3 is 54.7 Å². The minimum Gasteiger partial charge on any atom is -0.394 e. The van der Waals surface area contributed by atoms with Crippen LogP contribution in [0.25, 0.3) is 0 Å². The van der Waals surface area contributed by atoms with Gasteiger partial charge in [-0.05, 0) is 75.0 Å². The summed E-state index contributed by atoms with van der Waals surface area (Å²) < 4.78 is 23.9. The van der Waals surface area contributed by atoms with Crippen LogP contribution in [0.4, 0.5) is 0 Å². The van der Waals surface area contributed by atoms with Crippen molar-refractivity contribution >= 4 is 0 Å². The maximum Gasteiger partial charge on any atom is 0.187 e. The van der Waals surface area contributed by atoms with E-state index in [2.05, 4.69) is 33.9 Å². The lowest BCUT2D eigenvalue weighted by molar-refractivity contribution is -0.327. The fourth-order valence-electron chi connectivity index (χ4n) is 8.29. The summed E-state index contributed by atoms with van der Waals surface area (Å²) in [5.74, 6) is 0.390. The third kappa shape index (κ3) is 6.51. The zero-order valence-corrected chi connectivity index (χ0v) is 26.2. The van der Waals surface area contributed by atoms with E-state index in [4.69, 9.17) is 18.9 Å². The second kappa shape index (κ2) is 13.0. The zero-order chi connectivity index (χ0) is 32.1. The van der Waals surface area contributed by atoms with Crippen LogP contribution in [0.3, 0.4) is 0 Å². The fraction of sp³-hybridized carbons (Fsp3) is 0.875. The minimum absolute atomic E-state index is 0.119. The first-order chi connectivity index (χ1) is 20.0. The van der Waals surface area contributed by atoms with Crippen molar-refractivity contribution in [3.05, 3.63) is 24.8 Å². The molecule has 0 aromatic heterocycles. The number of rotatable bonds is 9. The van der Waals surface area contributed by atoms with Gasteiger partial charge in [0.15, 0.2) is 12.6 Å². The number of allylic oxidation sites excluding steroid dienone is 1. The maximum absolute atomic E-state index is 10.6. The normalized spacial score (nSPS) is 48.3. The maximum atomic E-state index is 10.6. The first-order valence-electron chi connectivity index (χ1n) is 15.7. The second-order valence-electron chi connectivity index (χ2n) is 14.3. The second-order valence-corrected chi connectivity index (χ2v) is 14.3. The Morgan fingerprint density at radius 2 is 1.56 bits per heavy atom. The van der Waals surface area contributed by atoms with Gasteiger partial charge in [-0.2, -0.15) is 0 Å². The summed E-state index contributed by atoms with van der Waals surface area (Å²) in [5.41, 5.74) is -0.159. The Hall–Kier alpha value is -0.960. The molecule has 11 heteroatoms. The van der Waals surface area contributed by atoms with E-state index in [9.17, 15) is 35.7 Å². The molecule has 4 rings (SSSR count). The Balaban J connectivity index is 1.47. The molecule has 2 heterocycles. The highest BCUT2D eigenvalue weighted by Crippen LogP contribution is 2.62. The van der Waals surface area contributed by atoms with Gasteiger partial charge in [-0.25, -0.2) is 0 Å². The summed E-state index contributed by atoms with van der Waals surface area (Å²) in [6.45, 7) is 18.1. The van der Waals surface area contributed by atoms with Crippen molar-refractivity contribution in [2.75, 3.05) is 6.61 Å². The van der Waals surface area contributed by atoms with Crippen molar-refractivity contribution in [2.24, 2.45) is 22.7 Å². The summed E-state index contributed by atoms with van der Waals surface area (Å²) in [4.78, 5) is 0. The predicted molar refractivity (Wildman–Crippen MR) is 156 cm³/mol. The van der Waals surface area contributed by atoms with E-state index < -0.39 is 73.6 Å². The lowest BCUT2D eigenvalue weighted by Gasteiger charge is -2.61. The van der Waals surface area contributed by atoms with Gasteiger partial charge >= 0.3 is 0 Å². The molecule has 4 fully saturated rings. The van der Waals surface area contributed by atoms with Crippen LogP contribution < -0.4 is 0 Å². The average molecular weight is 615 g/mol. The van der Waals surface area contributed by atoms with Crippen LogP contribution >= 0.6 is 0 Å². The molecule has 0 aromatic carbocycles. The van der Waals surface area contributed by atoms with Gasteiger partial charge in [0.1, 0.15) is 42.7 Å². The van der Waals surface area contributed by atoms with Crippen molar-refractivity contribution in [2.45, 2.75) is 146 Å². The molecule has 0 bridgehead atoms. The molecule has 7 N–H and O–H groups in total. The van der Waals surface area contributed by atoms with E-state index in [-0.39, 0.29) is 28.8 Å². The van der Waals surface area contributed by atoms with Gasteiger partial charge in [0.2, 0.25) is 0 Å². The molecule has 43 heavy (non-hydrogen) atoms. The Labute approximate surface area is 255 Å². The van der Waals surface area contributed by atoms with Crippen LogP contribution in [-0.2, 0) is 18.9 Å². The summed E-state index contributed by atoms with van der Waals surface area (Å²) in [6, 6.07) is 0.